The molecule has 1 aliphatic rings. The van der Waals surface area contributed by atoms with Gasteiger partial charge in [0, 0.05) is 5.56 Å². The molecule has 1 aromatic heterocycles. The molecule has 8 heteroatoms. The number of aromatic nitrogens is 2. The fraction of sp³-hybridized carbons (Fsp3) is 0.150. The summed E-state index contributed by atoms with van der Waals surface area (Å²) >= 11 is 0. The molecular weight excluding hydrogens is 360 g/mol. The second-order valence-corrected chi connectivity index (χ2v) is 6.27. The van der Waals surface area contributed by atoms with E-state index in [1.165, 1.54) is 0 Å². The van der Waals surface area contributed by atoms with E-state index in [-0.39, 0.29) is 6.79 Å². The molecule has 3 aromatic rings. The molecule has 0 spiro atoms. The lowest BCUT2D eigenvalue weighted by Gasteiger charge is -2.09. The summed E-state index contributed by atoms with van der Waals surface area (Å²) in [5, 5.41) is 4.44. The van der Waals surface area contributed by atoms with Gasteiger partial charge in [0.1, 0.15) is 0 Å². The third-order valence-corrected chi connectivity index (χ3v) is 4.44. The van der Waals surface area contributed by atoms with E-state index in [4.69, 9.17) is 9.47 Å². The number of nitrogens with zero attached hydrogens (tertiary/aromatic N) is 2. The van der Waals surface area contributed by atoms with Crippen molar-refractivity contribution in [2.45, 2.75) is 13.8 Å². The van der Waals surface area contributed by atoms with E-state index in [0.29, 0.717) is 34.0 Å². The first kappa shape index (κ1) is 17.6. The van der Waals surface area contributed by atoms with Crippen LogP contribution in [0.15, 0.2) is 48.5 Å². The standard InChI is InChI=1S/C20H18N4O4/c1-12-18(13(2)24(23-12)15-6-4-3-5-7-15)20(26)22-21-19(25)14-8-9-16-17(10-14)28-11-27-16/h3-10H,11H2,1-2H3,(H,21,25)(H,22,26). The summed E-state index contributed by atoms with van der Waals surface area (Å²) in [6, 6.07) is 14.3. The van der Waals surface area contributed by atoms with Crippen LogP contribution in [0.25, 0.3) is 5.69 Å². The molecule has 0 radical (unpaired) electrons. The molecule has 2 amide bonds. The van der Waals surface area contributed by atoms with Crippen molar-refractivity contribution in [3.8, 4) is 17.2 Å². The van der Waals surface area contributed by atoms with Crippen LogP contribution in [0.5, 0.6) is 11.5 Å². The molecule has 0 unspecified atom stereocenters. The number of para-hydroxylation sites is 1. The first-order valence-corrected chi connectivity index (χ1v) is 8.66. The van der Waals surface area contributed by atoms with Crippen molar-refractivity contribution in [1.82, 2.24) is 20.6 Å². The number of carbonyl (C=O) groups is 2. The summed E-state index contributed by atoms with van der Waals surface area (Å²) in [6.07, 6.45) is 0. The number of rotatable bonds is 3. The fourth-order valence-corrected chi connectivity index (χ4v) is 3.08. The highest BCUT2D eigenvalue weighted by molar-refractivity contribution is 6.00. The third-order valence-electron chi connectivity index (χ3n) is 4.44. The Bertz CT molecular complexity index is 1060. The van der Waals surface area contributed by atoms with Crippen molar-refractivity contribution >= 4 is 11.8 Å². The summed E-state index contributed by atoms with van der Waals surface area (Å²) in [5.41, 5.74) is 7.72. The Morgan fingerprint density at radius 3 is 2.46 bits per heavy atom. The Hall–Kier alpha value is -3.81. The second-order valence-electron chi connectivity index (χ2n) is 6.27. The van der Waals surface area contributed by atoms with Gasteiger partial charge in [-0.15, -0.1) is 0 Å². The van der Waals surface area contributed by atoms with Crippen LogP contribution in [0, 0.1) is 13.8 Å². The van der Waals surface area contributed by atoms with Gasteiger partial charge >= 0.3 is 0 Å². The number of ether oxygens (including phenoxy) is 2. The maximum absolute atomic E-state index is 12.6. The third kappa shape index (κ3) is 3.16. The van der Waals surface area contributed by atoms with Gasteiger partial charge in [-0.2, -0.15) is 5.10 Å². The zero-order valence-corrected chi connectivity index (χ0v) is 15.4. The molecule has 2 aromatic carbocycles. The average molecular weight is 378 g/mol. The van der Waals surface area contributed by atoms with E-state index in [1.54, 1.807) is 29.8 Å². The number of hydrogen-bond donors (Lipinski definition) is 2. The first-order valence-electron chi connectivity index (χ1n) is 8.66. The summed E-state index contributed by atoms with van der Waals surface area (Å²) < 4.78 is 12.2. The number of aryl methyl sites for hydroxylation is 1. The number of hydrogen-bond acceptors (Lipinski definition) is 5. The van der Waals surface area contributed by atoms with E-state index < -0.39 is 11.8 Å². The Labute approximate surface area is 161 Å². The van der Waals surface area contributed by atoms with Crippen molar-refractivity contribution in [2.75, 3.05) is 6.79 Å². The smallest absolute Gasteiger partial charge is 0.273 e. The van der Waals surface area contributed by atoms with Gasteiger partial charge in [0.15, 0.2) is 11.5 Å². The first-order chi connectivity index (χ1) is 13.5. The van der Waals surface area contributed by atoms with Crippen molar-refractivity contribution in [3.05, 3.63) is 71.0 Å². The van der Waals surface area contributed by atoms with Gasteiger partial charge in [0.05, 0.1) is 22.6 Å². The number of nitrogens with one attached hydrogen (secondary N) is 2. The Balaban J connectivity index is 1.48. The van der Waals surface area contributed by atoms with E-state index in [9.17, 15) is 9.59 Å². The predicted octanol–water partition coefficient (Wildman–Crippen LogP) is 2.29. The summed E-state index contributed by atoms with van der Waals surface area (Å²) in [7, 11) is 0. The number of carbonyl (C=O) groups excluding carboxylic acids is 2. The molecular formula is C20H18N4O4. The zero-order chi connectivity index (χ0) is 19.7. The van der Waals surface area contributed by atoms with Gasteiger partial charge in [-0.25, -0.2) is 4.68 Å². The highest BCUT2D eigenvalue weighted by atomic mass is 16.7. The molecule has 28 heavy (non-hydrogen) atoms. The summed E-state index contributed by atoms with van der Waals surface area (Å²) in [6.45, 7) is 3.68. The monoisotopic (exact) mass is 378 g/mol. The number of benzene rings is 2. The predicted molar refractivity (Wildman–Crippen MR) is 101 cm³/mol. The largest absolute Gasteiger partial charge is 0.454 e. The zero-order valence-electron chi connectivity index (χ0n) is 15.4. The summed E-state index contributed by atoms with van der Waals surface area (Å²) in [4.78, 5) is 25.0. The molecule has 0 saturated heterocycles. The van der Waals surface area contributed by atoms with Gasteiger partial charge in [0.2, 0.25) is 6.79 Å². The van der Waals surface area contributed by atoms with Gasteiger partial charge < -0.3 is 9.47 Å². The van der Waals surface area contributed by atoms with Gasteiger partial charge in [-0.1, -0.05) is 18.2 Å². The van der Waals surface area contributed by atoms with Crippen LogP contribution >= 0.6 is 0 Å². The molecule has 0 saturated carbocycles. The quantitative estimate of drug-likeness (QED) is 0.682. The Morgan fingerprint density at radius 1 is 0.964 bits per heavy atom. The van der Waals surface area contributed by atoms with Crippen LogP contribution < -0.4 is 20.3 Å². The number of fused-ring (bicyclic) bond motifs is 1. The summed E-state index contributed by atoms with van der Waals surface area (Å²) in [5.74, 6) is 0.179. The molecule has 2 heterocycles. The van der Waals surface area contributed by atoms with Crippen molar-refractivity contribution < 1.29 is 19.1 Å². The van der Waals surface area contributed by atoms with Crippen molar-refractivity contribution in [1.29, 1.82) is 0 Å². The molecule has 142 valence electrons. The maximum Gasteiger partial charge on any atom is 0.273 e. The number of hydrazine groups is 1. The number of amides is 2. The van der Waals surface area contributed by atoms with E-state index in [2.05, 4.69) is 16.0 Å². The van der Waals surface area contributed by atoms with E-state index >= 15 is 0 Å². The van der Waals surface area contributed by atoms with Crippen LogP contribution in [0.3, 0.4) is 0 Å². The molecule has 1 aliphatic heterocycles. The van der Waals surface area contributed by atoms with E-state index in [1.807, 2.05) is 37.3 Å². The topological polar surface area (TPSA) is 94.5 Å². The van der Waals surface area contributed by atoms with Crippen LogP contribution in [-0.2, 0) is 0 Å². The molecule has 8 nitrogen and oxygen atoms in total. The van der Waals surface area contributed by atoms with Gasteiger partial charge in [-0.3, -0.25) is 20.4 Å². The highest BCUT2D eigenvalue weighted by Gasteiger charge is 2.21. The second kappa shape index (κ2) is 7.07. The van der Waals surface area contributed by atoms with Crippen LogP contribution in [0.4, 0.5) is 0 Å². The van der Waals surface area contributed by atoms with Crippen molar-refractivity contribution in [2.24, 2.45) is 0 Å². The lowest BCUT2D eigenvalue weighted by atomic mass is 10.2. The fourth-order valence-electron chi connectivity index (χ4n) is 3.08. The Morgan fingerprint density at radius 2 is 1.68 bits per heavy atom. The minimum atomic E-state index is -0.461. The lowest BCUT2D eigenvalue weighted by molar-refractivity contribution is 0.0845. The molecule has 0 atom stereocenters. The molecule has 2 N–H and O–H groups in total. The van der Waals surface area contributed by atoms with Crippen LogP contribution in [-0.4, -0.2) is 28.4 Å². The van der Waals surface area contributed by atoms with Gasteiger partial charge in [-0.05, 0) is 44.2 Å². The SMILES string of the molecule is Cc1nn(-c2ccccc2)c(C)c1C(=O)NNC(=O)c1ccc2c(c1)OCO2. The molecule has 0 bridgehead atoms. The molecule has 0 fully saturated rings. The average Bonchev–Trinajstić information content (AvgIpc) is 3.29. The lowest BCUT2D eigenvalue weighted by Crippen LogP contribution is -2.42. The van der Waals surface area contributed by atoms with Crippen LogP contribution in [0.2, 0.25) is 0 Å². The van der Waals surface area contributed by atoms with Crippen LogP contribution in [0.1, 0.15) is 32.1 Å². The van der Waals surface area contributed by atoms with Gasteiger partial charge in [0.25, 0.3) is 11.8 Å². The molecule has 0 aliphatic carbocycles. The Kier molecular flexibility index (Phi) is 4.44. The minimum absolute atomic E-state index is 0.126. The highest BCUT2D eigenvalue weighted by Crippen LogP contribution is 2.32. The van der Waals surface area contributed by atoms with E-state index in [0.717, 1.165) is 5.69 Å². The molecule has 4 rings (SSSR count). The normalized spacial score (nSPS) is 11.9. The minimum Gasteiger partial charge on any atom is -0.454 e. The maximum atomic E-state index is 12.6. The van der Waals surface area contributed by atoms with Crippen molar-refractivity contribution in [3.63, 3.8) is 0 Å².